The summed E-state index contributed by atoms with van der Waals surface area (Å²) >= 11 is 0. The standard InChI is InChI=1S/C28H30F3NO11/c1-11(28(29,30)31)32-27(37)26-23(36)21(34)22(35)25(43-26)20-17(40-4)10-18-19(24(20)41-5)13(33)9-15(42-18)12-6-7-14(38-2)16(8-12)39-3/h6-11,21-23,25-26,34-36H,1-5H3,(H,32,37)/t11-,21+,22+,23-,25+,26-/m0/s1. The highest BCUT2D eigenvalue weighted by Gasteiger charge is 2.50. The second-order valence-electron chi connectivity index (χ2n) is 9.66. The normalized spacial score (nSPS) is 23.0. The van der Waals surface area contributed by atoms with Crippen LogP contribution in [-0.4, -0.2) is 86.3 Å². The lowest BCUT2D eigenvalue weighted by Crippen LogP contribution is -2.60. The van der Waals surface area contributed by atoms with Crippen molar-refractivity contribution in [1.29, 1.82) is 0 Å². The number of methoxy groups -OCH3 is 4. The van der Waals surface area contributed by atoms with Gasteiger partial charge in [-0.15, -0.1) is 0 Å². The number of hydrogen-bond acceptors (Lipinski definition) is 11. The van der Waals surface area contributed by atoms with Crippen molar-refractivity contribution in [3.8, 4) is 34.3 Å². The second kappa shape index (κ2) is 12.3. The average Bonchev–Trinajstić information content (AvgIpc) is 2.98. The summed E-state index contributed by atoms with van der Waals surface area (Å²) in [6, 6.07) is 4.99. The fourth-order valence-electron chi connectivity index (χ4n) is 4.77. The maximum atomic E-state index is 13.5. The van der Waals surface area contributed by atoms with Crippen molar-refractivity contribution >= 4 is 16.9 Å². The van der Waals surface area contributed by atoms with E-state index >= 15 is 0 Å². The van der Waals surface area contributed by atoms with E-state index in [2.05, 4.69) is 0 Å². The van der Waals surface area contributed by atoms with Crippen molar-refractivity contribution in [3.05, 3.63) is 46.1 Å². The number of aliphatic hydroxyl groups is 3. The van der Waals surface area contributed by atoms with E-state index in [-0.39, 0.29) is 33.8 Å². The van der Waals surface area contributed by atoms with Crippen LogP contribution in [0.1, 0.15) is 18.6 Å². The molecule has 3 aromatic rings. The Morgan fingerprint density at radius 2 is 1.56 bits per heavy atom. The molecule has 4 rings (SSSR count). The minimum atomic E-state index is -4.80. The van der Waals surface area contributed by atoms with Gasteiger partial charge in [0.25, 0.3) is 5.91 Å². The topological polar surface area (TPSA) is 166 Å². The van der Waals surface area contributed by atoms with Gasteiger partial charge < -0.3 is 48.7 Å². The Morgan fingerprint density at radius 3 is 2.14 bits per heavy atom. The first-order valence-electron chi connectivity index (χ1n) is 12.8. The maximum absolute atomic E-state index is 13.5. The molecule has 0 radical (unpaired) electrons. The largest absolute Gasteiger partial charge is 0.496 e. The van der Waals surface area contributed by atoms with E-state index in [0.29, 0.717) is 24.0 Å². The van der Waals surface area contributed by atoms with Gasteiger partial charge in [0.1, 0.15) is 58.7 Å². The highest BCUT2D eigenvalue weighted by atomic mass is 19.4. The molecule has 2 heterocycles. The first kappa shape index (κ1) is 31.9. The SMILES string of the molecule is COc1ccc(-c2cc(=O)c3c(OC)c([C@H]4O[C@H](C(=O)N[C@@H](C)C(F)(F)F)[C@@H](O)[C@H](O)[C@H]4O)c(OC)cc3o2)cc1OC. The van der Waals surface area contributed by atoms with E-state index in [1.807, 2.05) is 0 Å². The van der Waals surface area contributed by atoms with Crippen LogP contribution in [0, 0.1) is 0 Å². The molecule has 6 atom stereocenters. The highest BCUT2D eigenvalue weighted by Crippen LogP contribution is 2.46. The number of aliphatic hydroxyl groups excluding tert-OH is 3. The van der Waals surface area contributed by atoms with Gasteiger partial charge in [0, 0.05) is 17.7 Å². The van der Waals surface area contributed by atoms with E-state index in [1.165, 1.54) is 40.6 Å². The smallest absolute Gasteiger partial charge is 0.408 e. The molecule has 1 aliphatic heterocycles. The van der Waals surface area contributed by atoms with Gasteiger partial charge in [-0.05, 0) is 25.1 Å². The van der Waals surface area contributed by atoms with Crippen LogP contribution in [-0.2, 0) is 9.53 Å². The monoisotopic (exact) mass is 613 g/mol. The Labute approximate surface area is 242 Å². The van der Waals surface area contributed by atoms with Gasteiger partial charge in [0.05, 0.1) is 34.0 Å². The first-order chi connectivity index (χ1) is 20.3. The molecule has 1 aromatic heterocycles. The van der Waals surface area contributed by atoms with Crippen molar-refractivity contribution in [1.82, 2.24) is 5.32 Å². The zero-order valence-corrected chi connectivity index (χ0v) is 23.6. The Kier molecular flexibility index (Phi) is 9.11. The number of ether oxygens (including phenoxy) is 5. The Bertz CT molecular complexity index is 1560. The predicted molar refractivity (Wildman–Crippen MR) is 143 cm³/mol. The third kappa shape index (κ3) is 5.93. The molecule has 12 nitrogen and oxygen atoms in total. The number of hydrogen-bond donors (Lipinski definition) is 4. The van der Waals surface area contributed by atoms with E-state index in [4.69, 9.17) is 28.1 Å². The van der Waals surface area contributed by atoms with Gasteiger partial charge in [-0.25, -0.2) is 0 Å². The lowest BCUT2D eigenvalue weighted by molar-refractivity contribution is -0.225. The van der Waals surface area contributed by atoms with Gasteiger partial charge >= 0.3 is 6.18 Å². The number of benzene rings is 2. The van der Waals surface area contributed by atoms with Crippen molar-refractivity contribution < 1.29 is 61.4 Å². The minimum absolute atomic E-state index is 0.0195. The molecule has 1 saturated heterocycles. The van der Waals surface area contributed by atoms with Crippen molar-refractivity contribution in [3.63, 3.8) is 0 Å². The van der Waals surface area contributed by atoms with Crippen LogP contribution in [0.15, 0.2) is 39.5 Å². The van der Waals surface area contributed by atoms with E-state index in [9.17, 15) is 38.1 Å². The van der Waals surface area contributed by atoms with Gasteiger partial charge in [-0.3, -0.25) is 9.59 Å². The number of rotatable bonds is 8. The van der Waals surface area contributed by atoms with Crippen LogP contribution in [0.2, 0.25) is 0 Å². The van der Waals surface area contributed by atoms with Crippen LogP contribution in [0.25, 0.3) is 22.3 Å². The number of alkyl halides is 3. The molecule has 4 N–H and O–H groups in total. The zero-order chi connectivity index (χ0) is 31.8. The zero-order valence-electron chi connectivity index (χ0n) is 23.6. The van der Waals surface area contributed by atoms with E-state index in [1.54, 1.807) is 23.5 Å². The Balaban J connectivity index is 1.83. The molecule has 0 aliphatic carbocycles. The van der Waals surface area contributed by atoms with Gasteiger partial charge in [-0.2, -0.15) is 13.2 Å². The number of halogens is 3. The highest BCUT2D eigenvalue weighted by molar-refractivity contribution is 5.89. The van der Waals surface area contributed by atoms with Crippen LogP contribution in [0.3, 0.4) is 0 Å². The summed E-state index contributed by atoms with van der Waals surface area (Å²) in [5.41, 5.74) is -0.326. The molecule has 0 unspecified atom stereocenters. The lowest BCUT2D eigenvalue weighted by atomic mass is 9.89. The fraction of sp³-hybridized carbons (Fsp3) is 0.429. The summed E-state index contributed by atoms with van der Waals surface area (Å²) in [5, 5.41) is 33.4. The molecule has 43 heavy (non-hydrogen) atoms. The van der Waals surface area contributed by atoms with Crippen LogP contribution in [0.5, 0.6) is 23.0 Å². The Morgan fingerprint density at radius 1 is 0.907 bits per heavy atom. The van der Waals surface area contributed by atoms with Crippen LogP contribution >= 0.6 is 0 Å². The fourth-order valence-corrected chi connectivity index (χ4v) is 4.77. The van der Waals surface area contributed by atoms with E-state index in [0.717, 1.165) is 0 Å². The Hall–Kier alpha value is -4.05. The number of carbonyl (C=O) groups is 1. The summed E-state index contributed by atoms with van der Waals surface area (Å²) in [6.45, 7) is 0.681. The van der Waals surface area contributed by atoms with Gasteiger partial charge in [0.2, 0.25) is 0 Å². The third-order valence-electron chi connectivity index (χ3n) is 7.07. The quantitative estimate of drug-likeness (QED) is 0.294. The number of amides is 1. The molecule has 234 valence electrons. The first-order valence-corrected chi connectivity index (χ1v) is 12.8. The molecule has 0 saturated carbocycles. The summed E-state index contributed by atoms with van der Waals surface area (Å²) < 4.78 is 72.3. The summed E-state index contributed by atoms with van der Waals surface area (Å²) in [5.74, 6) is -0.754. The molecule has 0 bridgehead atoms. The number of fused-ring (bicyclic) bond motifs is 1. The molecule has 1 fully saturated rings. The molecule has 1 aliphatic rings. The lowest BCUT2D eigenvalue weighted by Gasteiger charge is -2.41. The molecular weight excluding hydrogens is 583 g/mol. The maximum Gasteiger partial charge on any atom is 0.408 e. The summed E-state index contributed by atoms with van der Waals surface area (Å²) in [6.07, 6.45) is -14.7. The second-order valence-corrected chi connectivity index (χ2v) is 9.66. The van der Waals surface area contributed by atoms with E-state index < -0.39 is 54.1 Å². The van der Waals surface area contributed by atoms with Crippen LogP contribution < -0.4 is 29.7 Å². The number of carbonyl (C=O) groups excluding carboxylic acids is 1. The van der Waals surface area contributed by atoms with Crippen molar-refractivity contribution in [2.45, 2.75) is 49.7 Å². The molecule has 0 spiro atoms. The van der Waals surface area contributed by atoms with Crippen molar-refractivity contribution in [2.24, 2.45) is 0 Å². The number of nitrogens with one attached hydrogen (secondary N) is 1. The molecule has 15 heteroatoms. The summed E-state index contributed by atoms with van der Waals surface area (Å²) in [7, 11) is 5.33. The van der Waals surface area contributed by atoms with Gasteiger partial charge in [0.15, 0.2) is 23.0 Å². The van der Waals surface area contributed by atoms with Crippen LogP contribution in [0.4, 0.5) is 13.2 Å². The third-order valence-corrected chi connectivity index (χ3v) is 7.07. The molecule has 2 aromatic carbocycles. The average molecular weight is 614 g/mol. The molecular formula is C28H30F3NO11. The summed E-state index contributed by atoms with van der Waals surface area (Å²) in [4.78, 5) is 26.1. The predicted octanol–water partition coefficient (Wildman–Crippen LogP) is 2.08. The van der Waals surface area contributed by atoms with Crippen molar-refractivity contribution in [2.75, 3.05) is 28.4 Å². The minimum Gasteiger partial charge on any atom is -0.496 e. The van der Waals surface area contributed by atoms with Gasteiger partial charge in [-0.1, -0.05) is 0 Å². The molecule has 1 amide bonds.